The molecule has 3 rings (SSSR count). The molecule has 2 saturated heterocycles. The van der Waals surface area contributed by atoms with Crippen molar-refractivity contribution < 1.29 is 9.47 Å². The third-order valence-corrected chi connectivity index (χ3v) is 4.36. The Bertz CT molecular complexity index is 396. The zero-order chi connectivity index (χ0) is 12.4. The predicted octanol–water partition coefficient (Wildman–Crippen LogP) is 2.52. The molecule has 0 bridgehead atoms. The highest BCUT2D eigenvalue weighted by Crippen LogP contribution is 2.38. The van der Waals surface area contributed by atoms with Crippen molar-refractivity contribution in [2.75, 3.05) is 19.8 Å². The number of aromatic nitrogens is 2. The number of hydrogen-bond acceptors (Lipinski definition) is 3. The lowest BCUT2D eigenvalue weighted by Gasteiger charge is -2.43. The summed E-state index contributed by atoms with van der Waals surface area (Å²) in [4.78, 5) is 0. The monoisotopic (exact) mass is 270 g/mol. The van der Waals surface area contributed by atoms with Crippen LogP contribution >= 0.6 is 11.6 Å². The van der Waals surface area contributed by atoms with Crippen LogP contribution in [0.4, 0.5) is 0 Å². The smallest absolute Gasteiger partial charge is 0.0746 e. The van der Waals surface area contributed by atoms with Gasteiger partial charge in [-0.15, -0.1) is 11.6 Å². The number of halogens is 1. The van der Waals surface area contributed by atoms with Gasteiger partial charge in [0.05, 0.1) is 23.7 Å². The molecule has 2 aliphatic rings. The van der Waals surface area contributed by atoms with E-state index in [1.165, 1.54) is 0 Å². The van der Waals surface area contributed by atoms with Crippen LogP contribution in [0.25, 0.3) is 0 Å². The van der Waals surface area contributed by atoms with Gasteiger partial charge in [0.1, 0.15) is 0 Å². The van der Waals surface area contributed by atoms with Crippen LogP contribution in [0, 0.1) is 0 Å². The molecule has 1 unspecified atom stereocenters. The van der Waals surface area contributed by atoms with Gasteiger partial charge in [0.25, 0.3) is 0 Å². The summed E-state index contributed by atoms with van der Waals surface area (Å²) in [5, 5.41) is 4.43. The van der Waals surface area contributed by atoms with Gasteiger partial charge < -0.3 is 9.47 Å². The molecule has 1 aromatic heterocycles. The lowest BCUT2D eigenvalue weighted by Crippen LogP contribution is -2.44. The average Bonchev–Trinajstić information content (AvgIpc) is 2.88. The van der Waals surface area contributed by atoms with E-state index < -0.39 is 0 Å². The first-order chi connectivity index (χ1) is 8.81. The van der Waals surface area contributed by atoms with Gasteiger partial charge in [0, 0.05) is 31.6 Å². The fourth-order valence-corrected chi connectivity index (χ4v) is 3.10. The predicted molar refractivity (Wildman–Crippen MR) is 68.8 cm³/mol. The molecule has 100 valence electrons. The van der Waals surface area contributed by atoms with E-state index in [0.29, 0.717) is 11.9 Å². The van der Waals surface area contributed by atoms with Crippen molar-refractivity contribution in [1.29, 1.82) is 0 Å². The number of nitrogens with zero attached hydrogens (tertiary/aromatic N) is 2. The zero-order valence-electron chi connectivity index (χ0n) is 10.5. The summed E-state index contributed by atoms with van der Waals surface area (Å²) in [6.07, 6.45) is 8.02. The van der Waals surface area contributed by atoms with Crippen molar-refractivity contribution in [3.63, 3.8) is 0 Å². The Morgan fingerprint density at radius 1 is 1.39 bits per heavy atom. The molecular weight excluding hydrogens is 252 g/mol. The van der Waals surface area contributed by atoms with E-state index in [2.05, 4.69) is 16.0 Å². The van der Waals surface area contributed by atoms with Crippen molar-refractivity contribution in [3.8, 4) is 0 Å². The number of ether oxygens (including phenoxy) is 2. The van der Waals surface area contributed by atoms with E-state index in [9.17, 15) is 0 Å². The molecule has 0 aromatic carbocycles. The highest BCUT2D eigenvalue weighted by atomic mass is 35.5. The summed E-state index contributed by atoms with van der Waals surface area (Å²) >= 11 is 5.83. The lowest BCUT2D eigenvalue weighted by molar-refractivity contribution is -0.145. The van der Waals surface area contributed by atoms with E-state index >= 15 is 0 Å². The molecule has 0 aliphatic carbocycles. The van der Waals surface area contributed by atoms with Gasteiger partial charge in [-0.1, -0.05) is 0 Å². The minimum atomic E-state index is 0.0221. The maximum Gasteiger partial charge on any atom is 0.0746 e. The van der Waals surface area contributed by atoms with Crippen LogP contribution in [0.15, 0.2) is 12.4 Å². The topological polar surface area (TPSA) is 36.3 Å². The van der Waals surface area contributed by atoms with Crippen LogP contribution in [0.2, 0.25) is 0 Å². The molecule has 4 nitrogen and oxygen atoms in total. The molecule has 1 spiro atoms. The first-order valence-corrected chi connectivity index (χ1v) is 7.15. The summed E-state index contributed by atoms with van der Waals surface area (Å²) in [5.41, 5.74) is 1.11. The Morgan fingerprint density at radius 3 is 2.94 bits per heavy atom. The number of alkyl halides is 1. The van der Waals surface area contributed by atoms with E-state index in [-0.39, 0.29) is 5.60 Å². The summed E-state index contributed by atoms with van der Waals surface area (Å²) < 4.78 is 13.6. The quantitative estimate of drug-likeness (QED) is 0.775. The minimum absolute atomic E-state index is 0.0221. The molecule has 2 aliphatic heterocycles. The third-order valence-electron chi connectivity index (χ3n) is 4.05. The molecule has 2 fully saturated rings. The van der Waals surface area contributed by atoms with Crippen LogP contribution in [-0.2, 0) is 15.4 Å². The van der Waals surface area contributed by atoms with Gasteiger partial charge in [0.2, 0.25) is 0 Å². The average molecular weight is 271 g/mol. The Morgan fingerprint density at radius 2 is 2.22 bits per heavy atom. The van der Waals surface area contributed by atoms with Gasteiger partial charge in [0.15, 0.2) is 0 Å². The fourth-order valence-electron chi connectivity index (χ4n) is 2.97. The molecule has 1 atom stereocenters. The Labute approximate surface area is 112 Å². The van der Waals surface area contributed by atoms with Crippen molar-refractivity contribution >= 4 is 11.6 Å². The molecule has 18 heavy (non-hydrogen) atoms. The molecule has 0 radical (unpaired) electrons. The molecular formula is C13H19ClN2O2. The standard InChI is InChI=1S/C13H19ClN2O2/c14-8-11-9-15-16(10-11)12-1-4-18-13(7-12)2-5-17-6-3-13/h9-10,12H,1-8H2. The van der Waals surface area contributed by atoms with E-state index in [1.54, 1.807) is 0 Å². The van der Waals surface area contributed by atoms with Crippen LogP contribution in [0.5, 0.6) is 0 Å². The van der Waals surface area contributed by atoms with Crippen molar-refractivity contribution in [3.05, 3.63) is 18.0 Å². The second kappa shape index (κ2) is 5.19. The highest BCUT2D eigenvalue weighted by molar-refractivity contribution is 6.17. The van der Waals surface area contributed by atoms with Gasteiger partial charge in [-0.2, -0.15) is 5.10 Å². The fraction of sp³-hybridized carbons (Fsp3) is 0.769. The highest BCUT2D eigenvalue weighted by Gasteiger charge is 2.39. The Kier molecular flexibility index (Phi) is 3.59. The summed E-state index contributed by atoms with van der Waals surface area (Å²) in [5.74, 6) is 0.530. The van der Waals surface area contributed by atoms with E-state index in [0.717, 1.165) is 51.1 Å². The molecule has 0 amide bonds. The van der Waals surface area contributed by atoms with Crippen molar-refractivity contribution in [2.24, 2.45) is 0 Å². The summed E-state index contributed by atoms with van der Waals surface area (Å²) in [6, 6.07) is 0.439. The third kappa shape index (κ3) is 2.42. The normalized spacial score (nSPS) is 27.5. The maximum atomic E-state index is 6.04. The van der Waals surface area contributed by atoms with Gasteiger partial charge in [-0.3, -0.25) is 4.68 Å². The Balaban J connectivity index is 1.73. The Hall–Kier alpha value is -0.580. The first-order valence-electron chi connectivity index (χ1n) is 6.62. The molecule has 0 saturated carbocycles. The van der Waals surface area contributed by atoms with Crippen molar-refractivity contribution in [1.82, 2.24) is 9.78 Å². The second-order valence-electron chi connectivity index (χ2n) is 5.25. The molecule has 0 N–H and O–H groups in total. The second-order valence-corrected chi connectivity index (χ2v) is 5.52. The lowest BCUT2D eigenvalue weighted by atomic mass is 9.84. The molecule has 3 heterocycles. The molecule has 5 heteroatoms. The van der Waals surface area contributed by atoms with Crippen LogP contribution in [0.3, 0.4) is 0 Å². The maximum absolute atomic E-state index is 6.04. The van der Waals surface area contributed by atoms with Crippen LogP contribution < -0.4 is 0 Å². The van der Waals surface area contributed by atoms with E-state index in [1.807, 2.05) is 6.20 Å². The first kappa shape index (κ1) is 12.5. The number of hydrogen-bond donors (Lipinski definition) is 0. The van der Waals surface area contributed by atoms with Crippen LogP contribution in [0.1, 0.15) is 37.3 Å². The summed E-state index contributed by atoms with van der Waals surface area (Å²) in [7, 11) is 0. The molecule has 1 aromatic rings. The van der Waals surface area contributed by atoms with Gasteiger partial charge >= 0.3 is 0 Å². The van der Waals surface area contributed by atoms with Crippen molar-refractivity contribution in [2.45, 2.75) is 43.2 Å². The minimum Gasteiger partial charge on any atom is -0.381 e. The SMILES string of the molecule is ClCc1cnn(C2CCOC3(CCOCC3)C2)c1. The number of rotatable bonds is 2. The van der Waals surface area contributed by atoms with E-state index in [4.69, 9.17) is 21.1 Å². The largest absolute Gasteiger partial charge is 0.381 e. The van der Waals surface area contributed by atoms with Gasteiger partial charge in [-0.25, -0.2) is 0 Å². The summed E-state index contributed by atoms with van der Waals surface area (Å²) in [6.45, 7) is 2.46. The van der Waals surface area contributed by atoms with Crippen LogP contribution in [-0.4, -0.2) is 35.2 Å². The van der Waals surface area contributed by atoms with Gasteiger partial charge in [-0.05, 0) is 25.7 Å². The zero-order valence-corrected chi connectivity index (χ0v) is 11.2.